The molecule has 0 aliphatic carbocycles. The lowest BCUT2D eigenvalue weighted by atomic mass is 10.1. The lowest BCUT2D eigenvalue weighted by molar-refractivity contribution is 0.403. The molecule has 0 aliphatic heterocycles. The van der Waals surface area contributed by atoms with Gasteiger partial charge in [0.2, 0.25) is 0 Å². The van der Waals surface area contributed by atoms with Gasteiger partial charge >= 0.3 is 0 Å². The van der Waals surface area contributed by atoms with Crippen LogP contribution in [-0.2, 0) is 6.42 Å². The van der Waals surface area contributed by atoms with E-state index in [1.165, 1.54) is 11.6 Å². The number of allylic oxidation sites excluding steroid dienone is 2. The van der Waals surface area contributed by atoms with Crippen molar-refractivity contribution in [1.82, 2.24) is 0 Å². The van der Waals surface area contributed by atoms with E-state index in [-0.39, 0.29) is 11.5 Å². The van der Waals surface area contributed by atoms with Crippen molar-refractivity contribution >= 4 is 0 Å². The highest BCUT2D eigenvalue weighted by Gasteiger charge is 1.98. The first kappa shape index (κ1) is 9.65. The fraction of sp³-hybridized carbons (Fsp3) is 0.273. The monoisotopic (exact) mass is 178 g/mol. The summed E-state index contributed by atoms with van der Waals surface area (Å²) in [5.41, 5.74) is 2.24. The fourth-order valence-electron chi connectivity index (χ4n) is 1.02. The molecule has 0 bridgehead atoms. The summed E-state index contributed by atoms with van der Waals surface area (Å²) in [5, 5.41) is 18.3. The van der Waals surface area contributed by atoms with Crippen molar-refractivity contribution < 1.29 is 10.2 Å². The Morgan fingerprint density at radius 1 is 1.23 bits per heavy atom. The van der Waals surface area contributed by atoms with Crippen molar-refractivity contribution in [3.8, 4) is 11.5 Å². The summed E-state index contributed by atoms with van der Waals surface area (Å²) in [7, 11) is 0. The second-order valence-electron chi connectivity index (χ2n) is 3.31. The van der Waals surface area contributed by atoms with Crippen LogP contribution >= 0.6 is 0 Å². The molecule has 0 spiro atoms. The number of aromatic hydroxyl groups is 2. The first-order valence-electron chi connectivity index (χ1n) is 4.24. The summed E-state index contributed by atoms with van der Waals surface area (Å²) in [6, 6.07) is 4.88. The highest BCUT2D eigenvalue weighted by molar-refractivity contribution is 5.41. The van der Waals surface area contributed by atoms with Crippen molar-refractivity contribution in [3.63, 3.8) is 0 Å². The van der Waals surface area contributed by atoms with Crippen LogP contribution in [0.15, 0.2) is 29.8 Å². The molecule has 0 radical (unpaired) electrons. The van der Waals surface area contributed by atoms with Crippen LogP contribution in [0.3, 0.4) is 0 Å². The second-order valence-corrected chi connectivity index (χ2v) is 3.31. The Balaban J connectivity index is 2.80. The smallest absolute Gasteiger partial charge is 0.157 e. The van der Waals surface area contributed by atoms with Crippen LogP contribution in [0.4, 0.5) is 0 Å². The highest BCUT2D eigenvalue weighted by Crippen LogP contribution is 2.25. The first-order chi connectivity index (χ1) is 6.09. The lowest BCUT2D eigenvalue weighted by Gasteiger charge is -2.00. The van der Waals surface area contributed by atoms with E-state index in [2.05, 4.69) is 6.08 Å². The van der Waals surface area contributed by atoms with Crippen LogP contribution in [0.2, 0.25) is 0 Å². The van der Waals surface area contributed by atoms with Crippen molar-refractivity contribution in [2.45, 2.75) is 20.3 Å². The van der Waals surface area contributed by atoms with Gasteiger partial charge in [0, 0.05) is 0 Å². The lowest BCUT2D eigenvalue weighted by Crippen LogP contribution is -1.81. The molecule has 0 amide bonds. The van der Waals surface area contributed by atoms with Gasteiger partial charge in [0.05, 0.1) is 0 Å². The maximum Gasteiger partial charge on any atom is 0.157 e. The molecule has 70 valence electrons. The average molecular weight is 178 g/mol. The Bertz CT molecular complexity index is 323. The summed E-state index contributed by atoms with van der Waals surface area (Å²) in [4.78, 5) is 0. The summed E-state index contributed by atoms with van der Waals surface area (Å²) in [6.45, 7) is 4.06. The Kier molecular flexibility index (Phi) is 2.96. The number of hydrogen-bond acceptors (Lipinski definition) is 2. The standard InChI is InChI=1S/C11H14O2/c1-8(2)3-4-9-5-6-10(12)11(13)7-9/h3,5-7,12-13H,4H2,1-2H3. The third kappa shape index (κ3) is 2.82. The summed E-state index contributed by atoms with van der Waals surface area (Å²) in [5.74, 6) is -0.124. The van der Waals surface area contributed by atoms with Crippen LogP contribution in [0.5, 0.6) is 11.5 Å². The van der Waals surface area contributed by atoms with E-state index in [9.17, 15) is 5.11 Å². The predicted molar refractivity (Wildman–Crippen MR) is 52.9 cm³/mol. The van der Waals surface area contributed by atoms with Crippen molar-refractivity contribution in [2.75, 3.05) is 0 Å². The van der Waals surface area contributed by atoms with Gasteiger partial charge in [-0.2, -0.15) is 0 Å². The molecule has 0 unspecified atom stereocenters. The molecule has 0 fully saturated rings. The zero-order valence-corrected chi connectivity index (χ0v) is 7.91. The quantitative estimate of drug-likeness (QED) is 0.540. The van der Waals surface area contributed by atoms with E-state index < -0.39 is 0 Å². The Morgan fingerprint density at radius 2 is 1.92 bits per heavy atom. The van der Waals surface area contributed by atoms with Crippen LogP contribution in [0, 0.1) is 0 Å². The van der Waals surface area contributed by atoms with E-state index in [1.54, 1.807) is 12.1 Å². The molecule has 1 aromatic rings. The molecular weight excluding hydrogens is 164 g/mol. The molecule has 0 saturated carbocycles. The molecule has 0 aliphatic rings. The van der Waals surface area contributed by atoms with Gasteiger partial charge in [0.15, 0.2) is 11.5 Å². The molecular formula is C11H14O2. The third-order valence-corrected chi connectivity index (χ3v) is 1.79. The molecule has 0 saturated heterocycles. The molecule has 1 aromatic carbocycles. The Morgan fingerprint density at radius 3 is 2.46 bits per heavy atom. The molecule has 2 N–H and O–H groups in total. The largest absolute Gasteiger partial charge is 0.504 e. The average Bonchev–Trinajstić information content (AvgIpc) is 2.07. The molecule has 2 nitrogen and oxygen atoms in total. The van der Waals surface area contributed by atoms with Crippen molar-refractivity contribution in [2.24, 2.45) is 0 Å². The number of hydrogen-bond donors (Lipinski definition) is 2. The van der Waals surface area contributed by atoms with Gasteiger partial charge < -0.3 is 10.2 Å². The third-order valence-electron chi connectivity index (χ3n) is 1.79. The fourth-order valence-corrected chi connectivity index (χ4v) is 1.02. The van der Waals surface area contributed by atoms with E-state index in [0.29, 0.717) is 0 Å². The van der Waals surface area contributed by atoms with Gasteiger partial charge in [-0.25, -0.2) is 0 Å². The minimum absolute atomic E-state index is 0.0559. The van der Waals surface area contributed by atoms with Crippen molar-refractivity contribution in [1.29, 1.82) is 0 Å². The van der Waals surface area contributed by atoms with Gasteiger partial charge in [-0.3, -0.25) is 0 Å². The van der Waals surface area contributed by atoms with Crippen LogP contribution in [0.1, 0.15) is 19.4 Å². The number of phenolic OH excluding ortho intramolecular Hbond substituents is 2. The zero-order chi connectivity index (χ0) is 9.84. The molecule has 2 heteroatoms. The molecule has 1 rings (SSSR count). The first-order valence-corrected chi connectivity index (χ1v) is 4.24. The summed E-state index contributed by atoms with van der Waals surface area (Å²) < 4.78 is 0. The maximum atomic E-state index is 9.19. The van der Waals surface area contributed by atoms with E-state index in [1.807, 2.05) is 13.8 Å². The van der Waals surface area contributed by atoms with Crippen LogP contribution in [-0.4, -0.2) is 10.2 Å². The Labute approximate surface area is 78.2 Å². The van der Waals surface area contributed by atoms with Crippen LogP contribution < -0.4 is 0 Å². The van der Waals surface area contributed by atoms with E-state index >= 15 is 0 Å². The normalized spacial score (nSPS) is 9.69. The van der Waals surface area contributed by atoms with Gasteiger partial charge in [0.25, 0.3) is 0 Å². The Hall–Kier alpha value is -1.44. The van der Waals surface area contributed by atoms with Gasteiger partial charge in [-0.1, -0.05) is 17.7 Å². The maximum absolute atomic E-state index is 9.19. The summed E-state index contributed by atoms with van der Waals surface area (Å²) >= 11 is 0. The minimum atomic E-state index is -0.0686. The van der Waals surface area contributed by atoms with E-state index in [0.717, 1.165) is 12.0 Å². The van der Waals surface area contributed by atoms with Gasteiger partial charge in [-0.05, 0) is 38.0 Å². The molecule has 13 heavy (non-hydrogen) atoms. The zero-order valence-electron chi connectivity index (χ0n) is 7.91. The predicted octanol–water partition coefficient (Wildman–Crippen LogP) is 2.61. The second kappa shape index (κ2) is 3.99. The minimum Gasteiger partial charge on any atom is -0.504 e. The van der Waals surface area contributed by atoms with Gasteiger partial charge in [-0.15, -0.1) is 0 Å². The van der Waals surface area contributed by atoms with E-state index in [4.69, 9.17) is 5.11 Å². The topological polar surface area (TPSA) is 40.5 Å². The van der Waals surface area contributed by atoms with Gasteiger partial charge in [0.1, 0.15) is 0 Å². The summed E-state index contributed by atoms with van der Waals surface area (Å²) in [6.07, 6.45) is 2.86. The molecule has 0 heterocycles. The number of phenols is 2. The van der Waals surface area contributed by atoms with Crippen molar-refractivity contribution in [3.05, 3.63) is 35.4 Å². The highest BCUT2D eigenvalue weighted by atomic mass is 16.3. The number of rotatable bonds is 2. The molecule has 0 aromatic heterocycles. The number of benzene rings is 1. The SMILES string of the molecule is CC(C)=CCc1ccc(O)c(O)c1. The molecule has 0 atom stereocenters. The van der Waals surface area contributed by atoms with Crippen LogP contribution in [0.25, 0.3) is 0 Å².